The second-order valence-corrected chi connectivity index (χ2v) is 8.07. The standard InChI is InChI=1S/C21H24N6O2S/c1-3-17(28)23-13-4-6-14(7-5-13)24-20-19-16(10-11-30-19)26-21(27-20)25-15-8-9-18(29-2)22-12-15/h3,8-14H,1,4-7H2,2H3,(H,23,28)(H2,24,25,26,27)/t13-,14+. The van der Waals surface area contributed by atoms with Gasteiger partial charge in [0.15, 0.2) is 0 Å². The number of anilines is 3. The highest BCUT2D eigenvalue weighted by atomic mass is 32.1. The number of pyridine rings is 1. The fourth-order valence-corrected chi connectivity index (χ4v) is 4.34. The van der Waals surface area contributed by atoms with Gasteiger partial charge in [-0.3, -0.25) is 4.79 Å². The summed E-state index contributed by atoms with van der Waals surface area (Å²) in [5.41, 5.74) is 1.68. The number of hydrogen-bond acceptors (Lipinski definition) is 8. The minimum Gasteiger partial charge on any atom is -0.481 e. The Hall–Kier alpha value is -3.20. The Morgan fingerprint density at radius 3 is 2.70 bits per heavy atom. The van der Waals surface area contributed by atoms with Crippen LogP contribution >= 0.6 is 11.3 Å². The van der Waals surface area contributed by atoms with Crippen LogP contribution in [0, 0.1) is 0 Å². The molecule has 0 saturated heterocycles. The highest BCUT2D eigenvalue weighted by molar-refractivity contribution is 7.17. The number of methoxy groups -OCH3 is 1. The monoisotopic (exact) mass is 424 g/mol. The van der Waals surface area contributed by atoms with Gasteiger partial charge in [-0.1, -0.05) is 6.58 Å². The molecule has 0 unspecified atom stereocenters. The number of fused-ring (bicyclic) bond motifs is 1. The predicted molar refractivity (Wildman–Crippen MR) is 119 cm³/mol. The van der Waals surface area contributed by atoms with Crippen LogP contribution in [0.1, 0.15) is 25.7 Å². The van der Waals surface area contributed by atoms with E-state index in [9.17, 15) is 4.79 Å². The maximum absolute atomic E-state index is 11.5. The van der Waals surface area contributed by atoms with Crippen molar-refractivity contribution in [2.24, 2.45) is 0 Å². The number of rotatable bonds is 7. The van der Waals surface area contributed by atoms with Crippen molar-refractivity contribution < 1.29 is 9.53 Å². The number of hydrogen-bond donors (Lipinski definition) is 3. The van der Waals surface area contributed by atoms with E-state index >= 15 is 0 Å². The first-order valence-electron chi connectivity index (χ1n) is 9.86. The van der Waals surface area contributed by atoms with E-state index in [0.29, 0.717) is 17.9 Å². The second-order valence-electron chi connectivity index (χ2n) is 7.15. The predicted octanol–water partition coefficient (Wildman–Crippen LogP) is 3.86. The van der Waals surface area contributed by atoms with Crippen LogP contribution in [0.2, 0.25) is 0 Å². The summed E-state index contributed by atoms with van der Waals surface area (Å²) in [4.78, 5) is 25.1. The van der Waals surface area contributed by atoms with Gasteiger partial charge in [-0.15, -0.1) is 11.3 Å². The third-order valence-electron chi connectivity index (χ3n) is 5.11. The summed E-state index contributed by atoms with van der Waals surface area (Å²) in [7, 11) is 1.59. The van der Waals surface area contributed by atoms with E-state index in [1.165, 1.54) is 6.08 Å². The molecule has 0 radical (unpaired) electrons. The van der Waals surface area contributed by atoms with Crippen LogP contribution in [-0.2, 0) is 4.79 Å². The van der Waals surface area contributed by atoms with Crippen molar-refractivity contribution in [1.82, 2.24) is 20.3 Å². The molecule has 9 heteroatoms. The lowest BCUT2D eigenvalue weighted by Gasteiger charge is -2.29. The summed E-state index contributed by atoms with van der Waals surface area (Å²) in [6.07, 6.45) is 6.79. The Morgan fingerprint density at radius 2 is 2.00 bits per heavy atom. The SMILES string of the molecule is C=CC(=O)N[C@H]1CC[C@@H](Nc2nc(Nc3ccc(OC)nc3)nc3ccsc23)CC1. The molecule has 0 bridgehead atoms. The normalized spacial score (nSPS) is 18.6. The van der Waals surface area contributed by atoms with E-state index in [-0.39, 0.29) is 11.9 Å². The van der Waals surface area contributed by atoms with Crippen LogP contribution in [0.3, 0.4) is 0 Å². The van der Waals surface area contributed by atoms with Crippen molar-refractivity contribution >= 4 is 44.9 Å². The molecule has 0 spiro atoms. The minimum atomic E-state index is -0.105. The van der Waals surface area contributed by atoms with Crippen LogP contribution in [0.5, 0.6) is 5.88 Å². The Labute approximate surface area is 178 Å². The Balaban J connectivity index is 1.46. The van der Waals surface area contributed by atoms with E-state index in [0.717, 1.165) is 47.4 Å². The largest absolute Gasteiger partial charge is 0.481 e. The molecular formula is C21H24N6O2S. The fourth-order valence-electron chi connectivity index (χ4n) is 3.56. The summed E-state index contributed by atoms with van der Waals surface area (Å²) in [6.45, 7) is 3.51. The molecule has 30 heavy (non-hydrogen) atoms. The Morgan fingerprint density at radius 1 is 1.20 bits per heavy atom. The second kappa shape index (κ2) is 9.08. The molecule has 3 heterocycles. The quantitative estimate of drug-likeness (QED) is 0.495. The number of thiophene rings is 1. The first-order chi connectivity index (χ1) is 14.6. The lowest BCUT2D eigenvalue weighted by molar-refractivity contribution is -0.117. The number of carbonyl (C=O) groups is 1. The first-order valence-corrected chi connectivity index (χ1v) is 10.7. The van der Waals surface area contributed by atoms with E-state index in [1.807, 2.05) is 17.5 Å². The van der Waals surface area contributed by atoms with Crippen molar-refractivity contribution in [3.63, 3.8) is 0 Å². The zero-order valence-corrected chi connectivity index (χ0v) is 17.5. The van der Waals surface area contributed by atoms with Crippen LogP contribution in [0.4, 0.5) is 17.5 Å². The van der Waals surface area contributed by atoms with Crippen molar-refractivity contribution in [3.8, 4) is 5.88 Å². The number of amides is 1. The maximum atomic E-state index is 11.5. The summed E-state index contributed by atoms with van der Waals surface area (Å²) in [6, 6.07) is 6.16. The molecule has 156 valence electrons. The zero-order chi connectivity index (χ0) is 20.9. The summed E-state index contributed by atoms with van der Waals surface area (Å²) in [5.74, 6) is 1.79. The van der Waals surface area contributed by atoms with Gasteiger partial charge in [0, 0.05) is 18.2 Å². The van der Waals surface area contributed by atoms with Crippen LogP contribution in [0.15, 0.2) is 42.4 Å². The number of ether oxygens (including phenoxy) is 1. The number of nitrogens with zero attached hydrogens (tertiary/aromatic N) is 3. The van der Waals surface area contributed by atoms with E-state index in [1.54, 1.807) is 30.7 Å². The van der Waals surface area contributed by atoms with Gasteiger partial charge in [0.1, 0.15) is 5.82 Å². The molecule has 1 aliphatic carbocycles. The molecule has 0 aliphatic heterocycles. The number of carbonyl (C=O) groups excluding carboxylic acids is 1. The van der Waals surface area contributed by atoms with Gasteiger partial charge in [-0.2, -0.15) is 4.98 Å². The maximum Gasteiger partial charge on any atom is 0.243 e. The van der Waals surface area contributed by atoms with Gasteiger partial charge in [0.05, 0.1) is 29.2 Å². The smallest absolute Gasteiger partial charge is 0.243 e. The number of aromatic nitrogens is 3. The van der Waals surface area contributed by atoms with E-state index in [2.05, 4.69) is 32.5 Å². The molecule has 4 rings (SSSR count). The van der Waals surface area contributed by atoms with Crippen molar-refractivity contribution in [2.45, 2.75) is 37.8 Å². The molecule has 0 atom stereocenters. The highest BCUT2D eigenvalue weighted by Gasteiger charge is 2.23. The average molecular weight is 425 g/mol. The lowest BCUT2D eigenvalue weighted by Crippen LogP contribution is -2.39. The topological polar surface area (TPSA) is 101 Å². The molecule has 1 fully saturated rings. The molecule has 0 aromatic carbocycles. The molecule has 3 aromatic heterocycles. The van der Waals surface area contributed by atoms with Crippen LogP contribution in [-0.4, -0.2) is 40.1 Å². The summed E-state index contributed by atoms with van der Waals surface area (Å²) in [5, 5.41) is 11.8. The van der Waals surface area contributed by atoms with Gasteiger partial charge in [-0.25, -0.2) is 9.97 Å². The summed E-state index contributed by atoms with van der Waals surface area (Å²) >= 11 is 1.62. The average Bonchev–Trinajstić information content (AvgIpc) is 3.24. The number of nitrogens with one attached hydrogen (secondary N) is 3. The van der Waals surface area contributed by atoms with Crippen molar-refractivity contribution in [2.75, 3.05) is 17.7 Å². The van der Waals surface area contributed by atoms with E-state index < -0.39 is 0 Å². The zero-order valence-electron chi connectivity index (χ0n) is 16.7. The third kappa shape index (κ3) is 4.68. The molecule has 1 saturated carbocycles. The molecule has 1 amide bonds. The van der Waals surface area contributed by atoms with Gasteiger partial charge in [0.25, 0.3) is 0 Å². The lowest BCUT2D eigenvalue weighted by atomic mass is 9.91. The van der Waals surface area contributed by atoms with Gasteiger partial charge < -0.3 is 20.7 Å². The molecule has 3 N–H and O–H groups in total. The van der Waals surface area contributed by atoms with Gasteiger partial charge >= 0.3 is 0 Å². The molecule has 8 nitrogen and oxygen atoms in total. The molecule has 3 aromatic rings. The molecule has 1 aliphatic rings. The molecular weight excluding hydrogens is 400 g/mol. The van der Waals surface area contributed by atoms with Crippen molar-refractivity contribution in [1.29, 1.82) is 0 Å². The van der Waals surface area contributed by atoms with Crippen LogP contribution in [0.25, 0.3) is 10.2 Å². The fraction of sp³-hybridized carbons (Fsp3) is 0.333. The summed E-state index contributed by atoms with van der Waals surface area (Å²) < 4.78 is 6.14. The Bertz CT molecular complexity index is 1030. The minimum absolute atomic E-state index is 0.105. The van der Waals surface area contributed by atoms with E-state index in [4.69, 9.17) is 9.72 Å². The third-order valence-corrected chi connectivity index (χ3v) is 6.02. The van der Waals surface area contributed by atoms with Gasteiger partial charge in [-0.05, 0) is 49.3 Å². The first kappa shape index (κ1) is 20.1. The van der Waals surface area contributed by atoms with Gasteiger partial charge in [0.2, 0.25) is 17.7 Å². The van der Waals surface area contributed by atoms with Crippen LogP contribution < -0.4 is 20.7 Å². The Kier molecular flexibility index (Phi) is 6.08. The highest BCUT2D eigenvalue weighted by Crippen LogP contribution is 2.31. The van der Waals surface area contributed by atoms with Crippen molar-refractivity contribution in [3.05, 3.63) is 42.4 Å².